The molecule has 0 N–H and O–H groups in total. The summed E-state index contributed by atoms with van der Waals surface area (Å²) in [5.41, 5.74) is -0.980. The number of amides is 1. The Hall–Kier alpha value is -1.96. The van der Waals surface area contributed by atoms with Gasteiger partial charge in [0, 0.05) is 25.6 Å². The molecule has 2 rings (SSSR count). The molecule has 1 aromatic rings. The van der Waals surface area contributed by atoms with Gasteiger partial charge >= 0.3 is 5.97 Å². The van der Waals surface area contributed by atoms with Crippen LogP contribution in [0.5, 0.6) is 0 Å². The van der Waals surface area contributed by atoms with E-state index in [4.69, 9.17) is 0 Å². The third-order valence-corrected chi connectivity index (χ3v) is 4.52. The third-order valence-electron chi connectivity index (χ3n) is 3.48. The van der Waals surface area contributed by atoms with E-state index < -0.39 is 23.2 Å². The van der Waals surface area contributed by atoms with Crippen LogP contribution in [0.2, 0.25) is 0 Å². The van der Waals surface area contributed by atoms with Crippen LogP contribution >= 0.6 is 11.8 Å². The Kier molecular flexibility index (Phi) is 5.35. The monoisotopic (exact) mass is 343 g/mol. The predicted octanol–water partition coefficient (Wildman–Crippen LogP) is 2.38. The summed E-state index contributed by atoms with van der Waals surface area (Å²) in [4.78, 5) is 35.7. The zero-order chi connectivity index (χ0) is 17.1. The summed E-state index contributed by atoms with van der Waals surface area (Å²) in [5.74, 6) is -3.30. The van der Waals surface area contributed by atoms with E-state index in [0.29, 0.717) is 5.75 Å². The van der Waals surface area contributed by atoms with Crippen LogP contribution < -0.4 is 4.90 Å². The highest BCUT2D eigenvalue weighted by molar-refractivity contribution is 8.13. The summed E-state index contributed by atoms with van der Waals surface area (Å²) in [5, 5.41) is -0.0585. The van der Waals surface area contributed by atoms with E-state index in [1.165, 1.54) is 11.8 Å². The van der Waals surface area contributed by atoms with Gasteiger partial charge in [-0.25, -0.2) is 13.6 Å². The highest BCUT2D eigenvalue weighted by atomic mass is 32.2. The van der Waals surface area contributed by atoms with Crippen LogP contribution in [0.4, 0.5) is 14.5 Å². The summed E-state index contributed by atoms with van der Waals surface area (Å²) < 4.78 is 32.5. The fourth-order valence-corrected chi connectivity index (χ4v) is 3.09. The maximum Gasteiger partial charge on any atom is 0.343 e. The lowest BCUT2D eigenvalue weighted by molar-refractivity contribution is -0.117. The standard InChI is InChI=1S/C15H15F2NO4S/c1-8(19)23-7-9-5-12(20)18(6-9)11-4-3-10(16)13(14(11)17)15(21)22-2/h3-4,9H,5-7H2,1-2H3. The molecule has 0 saturated carbocycles. The summed E-state index contributed by atoms with van der Waals surface area (Å²) in [6.07, 6.45) is 0.171. The van der Waals surface area contributed by atoms with Crippen molar-refractivity contribution in [1.82, 2.24) is 0 Å². The number of ether oxygens (including phenoxy) is 1. The van der Waals surface area contributed by atoms with Crippen LogP contribution in [0, 0.1) is 17.6 Å². The van der Waals surface area contributed by atoms with Crippen molar-refractivity contribution in [2.45, 2.75) is 13.3 Å². The van der Waals surface area contributed by atoms with Crippen molar-refractivity contribution in [2.75, 3.05) is 24.3 Å². The average Bonchev–Trinajstić information content (AvgIpc) is 2.86. The van der Waals surface area contributed by atoms with Gasteiger partial charge in [-0.3, -0.25) is 9.59 Å². The number of anilines is 1. The molecule has 1 aromatic carbocycles. The Morgan fingerprint density at radius 1 is 1.39 bits per heavy atom. The highest BCUT2D eigenvalue weighted by Crippen LogP contribution is 2.31. The molecule has 1 fully saturated rings. The van der Waals surface area contributed by atoms with E-state index in [1.54, 1.807) is 0 Å². The molecule has 1 saturated heterocycles. The lowest BCUT2D eigenvalue weighted by Crippen LogP contribution is -2.27. The van der Waals surface area contributed by atoms with Crippen molar-refractivity contribution in [3.05, 3.63) is 29.3 Å². The Bertz CT molecular complexity index is 665. The summed E-state index contributed by atoms with van der Waals surface area (Å²) in [7, 11) is 1.02. The summed E-state index contributed by atoms with van der Waals surface area (Å²) >= 11 is 1.10. The number of halogens is 2. The summed E-state index contributed by atoms with van der Waals surface area (Å²) in [6, 6.07) is 2.05. The van der Waals surface area contributed by atoms with Gasteiger partial charge < -0.3 is 9.64 Å². The van der Waals surface area contributed by atoms with Crippen molar-refractivity contribution in [3.8, 4) is 0 Å². The van der Waals surface area contributed by atoms with Gasteiger partial charge in [0.15, 0.2) is 10.9 Å². The first-order valence-corrected chi connectivity index (χ1v) is 7.83. The molecule has 1 atom stereocenters. The van der Waals surface area contributed by atoms with Gasteiger partial charge in [-0.1, -0.05) is 11.8 Å². The van der Waals surface area contributed by atoms with E-state index >= 15 is 0 Å². The molecule has 1 heterocycles. The SMILES string of the molecule is COC(=O)c1c(F)ccc(N2CC(CSC(C)=O)CC2=O)c1F. The molecule has 8 heteroatoms. The molecule has 1 aliphatic rings. The molecule has 0 spiro atoms. The number of methoxy groups -OCH3 is 1. The van der Waals surface area contributed by atoms with Crippen LogP contribution in [-0.4, -0.2) is 36.4 Å². The van der Waals surface area contributed by atoms with Crippen LogP contribution in [0.25, 0.3) is 0 Å². The third kappa shape index (κ3) is 3.69. The molecule has 5 nitrogen and oxygen atoms in total. The Balaban J connectivity index is 2.27. The number of thioether (sulfide) groups is 1. The first-order chi connectivity index (χ1) is 10.8. The van der Waals surface area contributed by atoms with Crippen molar-refractivity contribution < 1.29 is 27.9 Å². The number of rotatable bonds is 4. The zero-order valence-electron chi connectivity index (χ0n) is 12.6. The minimum absolute atomic E-state index is 0.0585. The minimum atomic E-state index is -1.14. The normalized spacial score (nSPS) is 17.5. The molecule has 0 aliphatic carbocycles. The zero-order valence-corrected chi connectivity index (χ0v) is 13.4. The van der Waals surface area contributed by atoms with Crippen LogP contribution in [-0.2, 0) is 14.3 Å². The largest absolute Gasteiger partial charge is 0.465 e. The maximum absolute atomic E-state index is 14.4. The number of benzene rings is 1. The van der Waals surface area contributed by atoms with E-state index in [9.17, 15) is 23.2 Å². The highest BCUT2D eigenvalue weighted by Gasteiger charge is 2.34. The maximum atomic E-state index is 14.4. The van der Waals surface area contributed by atoms with E-state index in [-0.39, 0.29) is 35.6 Å². The van der Waals surface area contributed by atoms with Crippen molar-refractivity contribution >= 4 is 34.4 Å². The Morgan fingerprint density at radius 2 is 2.09 bits per heavy atom. The van der Waals surface area contributed by atoms with Gasteiger partial charge in [0.25, 0.3) is 0 Å². The number of esters is 1. The van der Waals surface area contributed by atoms with Gasteiger partial charge in [0.05, 0.1) is 12.8 Å². The lowest BCUT2D eigenvalue weighted by Gasteiger charge is -2.18. The van der Waals surface area contributed by atoms with Gasteiger partial charge in [0.1, 0.15) is 11.4 Å². The minimum Gasteiger partial charge on any atom is -0.465 e. The first-order valence-electron chi connectivity index (χ1n) is 6.85. The van der Waals surface area contributed by atoms with Crippen LogP contribution in [0.15, 0.2) is 12.1 Å². The fraction of sp³-hybridized carbons (Fsp3) is 0.400. The Morgan fingerprint density at radius 3 is 2.70 bits per heavy atom. The van der Waals surface area contributed by atoms with Crippen molar-refractivity contribution in [2.24, 2.45) is 5.92 Å². The number of hydrogen-bond acceptors (Lipinski definition) is 5. The van der Waals surface area contributed by atoms with Crippen LogP contribution in [0.1, 0.15) is 23.7 Å². The molecule has 23 heavy (non-hydrogen) atoms. The lowest BCUT2D eigenvalue weighted by atomic mass is 10.1. The molecule has 0 aromatic heterocycles. The average molecular weight is 343 g/mol. The van der Waals surface area contributed by atoms with Crippen molar-refractivity contribution in [3.63, 3.8) is 0 Å². The Labute approximate surface area is 136 Å². The predicted molar refractivity (Wildman–Crippen MR) is 81.3 cm³/mol. The van der Waals surface area contributed by atoms with Crippen molar-refractivity contribution in [1.29, 1.82) is 0 Å². The second-order valence-electron chi connectivity index (χ2n) is 5.12. The number of carbonyl (C=O) groups is 3. The molecule has 1 amide bonds. The van der Waals surface area contributed by atoms with Gasteiger partial charge in [0.2, 0.25) is 5.91 Å². The smallest absolute Gasteiger partial charge is 0.343 e. The van der Waals surface area contributed by atoms with E-state index in [0.717, 1.165) is 31.0 Å². The molecule has 0 radical (unpaired) electrons. The molecular formula is C15H15F2NO4S. The second-order valence-corrected chi connectivity index (χ2v) is 6.32. The fourth-order valence-electron chi connectivity index (χ4n) is 2.40. The van der Waals surface area contributed by atoms with Gasteiger partial charge in [-0.05, 0) is 18.1 Å². The number of carbonyl (C=O) groups excluding carboxylic acids is 3. The summed E-state index contributed by atoms with van der Waals surface area (Å²) in [6.45, 7) is 1.64. The van der Waals surface area contributed by atoms with Gasteiger partial charge in [-0.15, -0.1) is 0 Å². The molecule has 1 aliphatic heterocycles. The van der Waals surface area contributed by atoms with Gasteiger partial charge in [-0.2, -0.15) is 0 Å². The number of nitrogens with zero attached hydrogens (tertiary/aromatic N) is 1. The van der Waals surface area contributed by atoms with E-state index in [1.807, 2.05) is 0 Å². The second kappa shape index (κ2) is 7.08. The topological polar surface area (TPSA) is 63.7 Å². The number of hydrogen-bond donors (Lipinski definition) is 0. The molecule has 1 unspecified atom stereocenters. The van der Waals surface area contributed by atoms with E-state index in [2.05, 4.69) is 4.74 Å². The molecular weight excluding hydrogens is 328 g/mol. The quantitative estimate of drug-likeness (QED) is 0.786. The first kappa shape index (κ1) is 17.4. The molecule has 0 bridgehead atoms. The molecule has 124 valence electrons. The van der Waals surface area contributed by atoms with Crippen LogP contribution in [0.3, 0.4) is 0 Å².